The molecule has 3 atom stereocenters. The van der Waals surface area contributed by atoms with Gasteiger partial charge in [-0.2, -0.15) is 0 Å². The third kappa shape index (κ3) is 11.7. The van der Waals surface area contributed by atoms with Gasteiger partial charge in [-0.05, 0) is 35.4 Å². The van der Waals surface area contributed by atoms with Crippen LogP contribution >= 0.6 is 0 Å². The number of carbonyl (C=O) groups excluding carboxylic acids is 4. The molecule has 0 aliphatic carbocycles. The second-order valence-corrected chi connectivity index (χ2v) is 9.33. The minimum atomic E-state index is -1.59. The molecule has 0 fully saturated rings. The van der Waals surface area contributed by atoms with Crippen molar-refractivity contribution in [3.8, 4) is 5.75 Å². The van der Waals surface area contributed by atoms with Crippen LogP contribution in [0.25, 0.3) is 0 Å². The highest BCUT2D eigenvalue weighted by atomic mass is 16.5. The molecule has 14 nitrogen and oxygen atoms in total. The number of carboxylic acids is 3. The van der Waals surface area contributed by atoms with Gasteiger partial charge in [0.15, 0.2) is 14.5 Å². The summed E-state index contributed by atoms with van der Waals surface area (Å²) in [5, 5.41) is 34.3. The molecular formula is C28H30BN3O11. The topological polar surface area (TPSA) is 225 Å². The van der Waals surface area contributed by atoms with Gasteiger partial charge in [-0.3, -0.25) is 19.2 Å². The van der Waals surface area contributed by atoms with E-state index in [1.807, 2.05) is 0 Å². The number of carbonyl (C=O) groups is 7. The monoisotopic (exact) mass is 595 g/mol. The van der Waals surface area contributed by atoms with Crippen LogP contribution in [-0.4, -0.2) is 89.2 Å². The lowest BCUT2D eigenvalue weighted by atomic mass is 9.92. The van der Waals surface area contributed by atoms with Gasteiger partial charge < -0.3 is 40.8 Å². The van der Waals surface area contributed by atoms with E-state index in [0.29, 0.717) is 11.1 Å². The number of benzene rings is 2. The molecule has 0 heterocycles. The molecule has 0 saturated carbocycles. The van der Waals surface area contributed by atoms with Crippen LogP contribution in [-0.2, 0) is 41.6 Å². The van der Waals surface area contributed by atoms with Gasteiger partial charge in [-0.1, -0.05) is 31.2 Å². The zero-order valence-corrected chi connectivity index (χ0v) is 23.1. The third-order valence-corrected chi connectivity index (χ3v) is 6.01. The van der Waals surface area contributed by atoms with E-state index in [2.05, 4.69) is 16.0 Å². The zero-order valence-electron chi connectivity index (χ0n) is 23.1. The molecule has 15 heteroatoms. The van der Waals surface area contributed by atoms with Gasteiger partial charge in [0.05, 0.1) is 23.7 Å². The molecular weight excluding hydrogens is 565 g/mol. The number of aromatic carboxylic acids is 1. The fourth-order valence-corrected chi connectivity index (χ4v) is 3.78. The molecule has 3 unspecified atom stereocenters. The quantitative estimate of drug-likeness (QED) is 0.130. The summed E-state index contributed by atoms with van der Waals surface area (Å²) >= 11 is 0. The average Bonchev–Trinajstić information content (AvgIpc) is 2.95. The Morgan fingerprint density at radius 3 is 1.65 bits per heavy atom. The molecule has 0 bridgehead atoms. The van der Waals surface area contributed by atoms with Gasteiger partial charge >= 0.3 is 17.9 Å². The van der Waals surface area contributed by atoms with Crippen LogP contribution in [0.1, 0.15) is 41.3 Å². The number of ether oxygens (including phenoxy) is 1. The van der Waals surface area contributed by atoms with E-state index in [-0.39, 0.29) is 30.6 Å². The van der Waals surface area contributed by atoms with E-state index in [4.69, 9.17) is 27.9 Å². The van der Waals surface area contributed by atoms with Crippen LogP contribution in [0.4, 0.5) is 0 Å². The summed E-state index contributed by atoms with van der Waals surface area (Å²) in [6.07, 6.45) is -1.00. The predicted molar refractivity (Wildman–Crippen MR) is 149 cm³/mol. The second kappa shape index (κ2) is 16.3. The molecule has 2 aromatic carbocycles. The third-order valence-electron chi connectivity index (χ3n) is 6.01. The number of nitrogens with one attached hydrogen (secondary N) is 3. The molecule has 2 aromatic rings. The Morgan fingerprint density at radius 2 is 1.21 bits per heavy atom. The van der Waals surface area contributed by atoms with Crippen LogP contribution in [0, 0.1) is 0 Å². The number of carboxylic acid groups (broad SMARTS) is 3. The van der Waals surface area contributed by atoms with Crippen LogP contribution in [0.2, 0.25) is 0 Å². The Morgan fingerprint density at radius 1 is 0.721 bits per heavy atom. The molecule has 0 saturated heterocycles. The van der Waals surface area contributed by atoms with Gasteiger partial charge in [-0.25, -0.2) is 9.59 Å². The normalized spacial score (nSPS) is 12.6. The molecule has 2 radical (unpaired) electrons. The Kier molecular flexibility index (Phi) is 12.9. The van der Waals surface area contributed by atoms with Crippen molar-refractivity contribution in [3.05, 3.63) is 65.2 Å². The molecule has 2 rings (SSSR count). The van der Waals surface area contributed by atoms with E-state index < -0.39 is 72.5 Å². The number of amides is 3. The van der Waals surface area contributed by atoms with Crippen LogP contribution in [0.5, 0.6) is 5.75 Å². The van der Waals surface area contributed by atoms with E-state index >= 15 is 0 Å². The smallest absolute Gasteiger partial charge is 0.341 e. The van der Waals surface area contributed by atoms with E-state index in [1.165, 1.54) is 36.4 Å². The van der Waals surface area contributed by atoms with Crippen molar-refractivity contribution >= 4 is 49.2 Å². The maximum absolute atomic E-state index is 13.4. The van der Waals surface area contributed by atoms with Crippen molar-refractivity contribution < 1.29 is 53.6 Å². The summed E-state index contributed by atoms with van der Waals surface area (Å²) in [5.41, 5.74) is -0.161. The SMILES string of the molecule is [B]C(=O)C(CC(=O)O)NC(=O)C(Cc1ccc(C(=O)O)cc1)NC(=O)C(Cc1ccc(OCC(=O)O)cc1)NC(=O)CC. The van der Waals surface area contributed by atoms with Gasteiger partial charge in [0.2, 0.25) is 17.7 Å². The van der Waals surface area contributed by atoms with Gasteiger partial charge in [0, 0.05) is 19.3 Å². The Bertz CT molecular complexity index is 1350. The maximum atomic E-state index is 13.4. The number of hydrogen-bond acceptors (Lipinski definition) is 8. The highest BCUT2D eigenvalue weighted by molar-refractivity contribution is 6.59. The summed E-state index contributed by atoms with van der Waals surface area (Å²) in [7, 11) is 5.24. The van der Waals surface area contributed by atoms with E-state index in [0.717, 1.165) is 0 Å². The lowest BCUT2D eigenvalue weighted by Gasteiger charge is -2.25. The van der Waals surface area contributed by atoms with E-state index in [1.54, 1.807) is 19.1 Å². The van der Waals surface area contributed by atoms with Crippen molar-refractivity contribution in [1.82, 2.24) is 16.0 Å². The summed E-state index contributed by atoms with van der Waals surface area (Å²) in [6, 6.07) is 7.35. The first-order chi connectivity index (χ1) is 20.3. The average molecular weight is 595 g/mol. The first-order valence-corrected chi connectivity index (χ1v) is 13.0. The molecule has 0 aromatic heterocycles. The summed E-state index contributed by atoms with van der Waals surface area (Å²) in [4.78, 5) is 83.7. The molecule has 0 spiro atoms. The molecule has 3 amide bonds. The van der Waals surface area contributed by atoms with Crippen LogP contribution in [0.3, 0.4) is 0 Å². The molecule has 0 aliphatic heterocycles. The predicted octanol–water partition coefficient (Wildman–Crippen LogP) is -0.332. The second-order valence-electron chi connectivity index (χ2n) is 9.33. The minimum Gasteiger partial charge on any atom is -0.482 e. The van der Waals surface area contributed by atoms with Crippen LogP contribution in [0.15, 0.2) is 48.5 Å². The lowest BCUT2D eigenvalue weighted by molar-refractivity contribution is -0.140. The fourth-order valence-electron chi connectivity index (χ4n) is 3.78. The van der Waals surface area contributed by atoms with Crippen molar-refractivity contribution in [2.75, 3.05) is 6.61 Å². The Balaban J connectivity index is 2.32. The highest BCUT2D eigenvalue weighted by Gasteiger charge is 2.30. The van der Waals surface area contributed by atoms with E-state index in [9.17, 15) is 33.6 Å². The molecule has 6 N–H and O–H groups in total. The largest absolute Gasteiger partial charge is 0.482 e. The van der Waals surface area contributed by atoms with Crippen LogP contribution < -0.4 is 20.7 Å². The molecule has 226 valence electrons. The summed E-state index contributed by atoms with van der Waals surface area (Å²) in [6.45, 7) is 1.02. The van der Waals surface area contributed by atoms with Gasteiger partial charge in [-0.15, -0.1) is 0 Å². The number of hydrogen-bond donors (Lipinski definition) is 6. The summed E-state index contributed by atoms with van der Waals surface area (Å²) < 4.78 is 5.09. The first kappa shape index (κ1) is 34.0. The van der Waals surface area contributed by atoms with Crippen molar-refractivity contribution in [1.29, 1.82) is 0 Å². The standard InChI is InChI=1S/C28H30BN3O11/c1-2-22(33)30-20(11-16-5-9-18(10-6-16)43-14-24(36)37)26(39)32-21(12-15-3-7-17(8-4-15)28(41)42)27(40)31-19(25(29)38)13-23(34)35/h3-10,19-21H,2,11-14H2,1H3,(H,30,33)(H,31,40)(H,32,39)(H,34,35)(H,36,37)(H,41,42). The zero-order chi connectivity index (χ0) is 32.1. The Hall–Kier alpha value is -5.21. The molecule has 0 aliphatic rings. The van der Waals surface area contributed by atoms with Crippen molar-refractivity contribution in [2.45, 2.75) is 50.7 Å². The van der Waals surface area contributed by atoms with Crippen molar-refractivity contribution in [3.63, 3.8) is 0 Å². The first-order valence-electron chi connectivity index (χ1n) is 13.0. The van der Waals surface area contributed by atoms with Crippen molar-refractivity contribution in [2.24, 2.45) is 0 Å². The number of rotatable bonds is 17. The maximum Gasteiger partial charge on any atom is 0.341 e. The minimum absolute atomic E-state index is 0.0224. The lowest BCUT2D eigenvalue weighted by Crippen LogP contribution is -2.57. The number of aliphatic carboxylic acids is 2. The van der Waals surface area contributed by atoms with Gasteiger partial charge in [0.25, 0.3) is 0 Å². The fraction of sp³-hybridized carbons (Fsp3) is 0.321. The molecule has 43 heavy (non-hydrogen) atoms. The highest BCUT2D eigenvalue weighted by Crippen LogP contribution is 2.14. The summed E-state index contributed by atoms with van der Waals surface area (Å²) in [5.74, 6) is -5.68. The Labute approximate surface area is 247 Å². The van der Waals surface area contributed by atoms with Gasteiger partial charge in [0.1, 0.15) is 17.8 Å².